The van der Waals surface area contributed by atoms with Crippen LogP contribution in [-0.2, 0) is 16.6 Å². The molecule has 0 bridgehead atoms. The number of anilines is 1. The van der Waals surface area contributed by atoms with Crippen LogP contribution in [0.5, 0.6) is 0 Å². The van der Waals surface area contributed by atoms with Crippen LogP contribution in [0.4, 0.5) is 5.69 Å². The summed E-state index contributed by atoms with van der Waals surface area (Å²) in [5, 5.41) is 10.4. The zero-order chi connectivity index (χ0) is 18.1. The molecule has 3 aromatic heterocycles. The van der Waals surface area contributed by atoms with Crippen molar-refractivity contribution < 1.29 is 8.42 Å². The zero-order valence-corrected chi connectivity index (χ0v) is 14.2. The summed E-state index contributed by atoms with van der Waals surface area (Å²) in [7, 11) is -3.72. The van der Waals surface area contributed by atoms with Crippen LogP contribution in [-0.4, -0.2) is 32.8 Å². The lowest BCUT2D eigenvalue weighted by molar-refractivity contribution is 0.601. The lowest BCUT2D eigenvalue weighted by Crippen LogP contribution is -2.21. The maximum atomic E-state index is 12.3. The Morgan fingerprint density at radius 1 is 1.15 bits per heavy atom. The standard InChI is InChI=1S/C16H14N6O3S/c23-16-21-7-2-1-6-15(21)19-22(16)11-12-4-3-5-13(8-12)20-26(24,25)14-9-17-18-10-14/h1-10,20H,11H2,(H,17,18). The topological polar surface area (TPSA) is 114 Å². The normalized spacial score (nSPS) is 11.7. The van der Waals surface area contributed by atoms with Gasteiger partial charge in [-0.05, 0) is 29.8 Å². The average molecular weight is 370 g/mol. The monoisotopic (exact) mass is 370 g/mol. The quantitative estimate of drug-likeness (QED) is 0.545. The van der Waals surface area contributed by atoms with E-state index < -0.39 is 10.0 Å². The van der Waals surface area contributed by atoms with Crippen LogP contribution in [0.3, 0.4) is 0 Å². The molecule has 10 heteroatoms. The van der Waals surface area contributed by atoms with Crippen molar-refractivity contribution in [1.82, 2.24) is 24.4 Å². The number of H-pyrrole nitrogens is 1. The van der Waals surface area contributed by atoms with Gasteiger partial charge in [0, 0.05) is 18.1 Å². The summed E-state index contributed by atoms with van der Waals surface area (Å²) >= 11 is 0. The third kappa shape index (κ3) is 2.97. The molecule has 4 rings (SSSR count). The molecule has 3 heterocycles. The molecule has 4 aromatic rings. The number of nitrogens with one attached hydrogen (secondary N) is 2. The van der Waals surface area contributed by atoms with Crippen molar-refractivity contribution in [2.75, 3.05) is 4.72 Å². The molecule has 0 aliphatic rings. The zero-order valence-electron chi connectivity index (χ0n) is 13.4. The fraction of sp³-hybridized carbons (Fsp3) is 0.0625. The lowest BCUT2D eigenvalue weighted by Gasteiger charge is -2.08. The summed E-state index contributed by atoms with van der Waals surface area (Å²) in [6, 6.07) is 12.1. The van der Waals surface area contributed by atoms with Gasteiger partial charge >= 0.3 is 5.69 Å². The number of hydrogen-bond donors (Lipinski definition) is 2. The van der Waals surface area contributed by atoms with E-state index in [1.807, 2.05) is 0 Å². The highest BCUT2D eigenvalue weighted by atomic mass is 32.2. The van der Waals surface area contributed by atoms with Gasteiger partial charge in [0.2, 0.25) is 0 Å². The van der Waals surface area contributed by atoms with E-state index in [1.54, 1.807) is 48.7 Å². The summed E-state index contributed by atoms with van der Waals surface area (Å²) in [4.78, 5) is 12.4. The molecule has 9 nitrogen and oxygen atoms in total. The van der Waals surface area contributed by atoms with Crippen molar-refractivity contribution in [2.45, 2.75) is 11.4 Å². The van der Waals surface area contributed by atoms with Crippen LogP contribution in [0.2, 0.25) is 0 Å². The number of benzene rings is 1. The van der Waals surface area contributed by atoms with Crippen molar-refractivity contribution >= 4 is 21.4 Å². The summed E-state index contributed by atoms with van der Waals surface area (Å²) in [5.74, 6) is 0. The van der Waals surface area contributed by atoms with Crippen LogP contribution < -0.4 is 10.4 Å². The number of pyridine rings is 1. The Hall–Kier alpha value is -3.40. The van der Waals surface area contributed by atoms with E-state index in [1.165, 1.54) is 21.5 Å². The van der Waals surface area contributed by atoms with Gasteiger partial charge in [-0.15, -0.1) is 5.10 Å². The summed E-state index contributed by atoms with van der Waals surface area (Å²) < 4.78 is 29.8. The summed E-state index contributed by atoms with van der Waals surface area (Å²) in [6.07, 6.45) is 4.17. The van der Waals surface area contributed by atoms with Crippen LogP contribution >= 0.6 is 0 Å². The van der Waals surface area contributed by atoms with Crippen molar-refractivity contribution in [1.29, 1.82) is 0 Å². The number of fused-ring (bicyclic) bond motifs is 1. The van der Waals surface area contributed by atoms with Crippen LogP contribution in [0, 0.1) is 0 Å². The number of aromatic nitrogens is 5. The van der Waals surface area contributed by atoms with Crippen molar-refractivity contribution in [3.05, 3.63) is 77.1 Å². The van der Waals surface area contributed by atoms with E-state index in [9.17, 15) is 13.2 Å². The molecule has 0 amide bonds. The predicted molar refractivity (Wildman–Crippen MR) is 94.4 cm³/mol. The van der Waals surface area contributed by atoms with Gasteiger partial charge in [0.05, 0.1) is 12.7 Å². The van der Waals surface area contributed by atoms with Gasteiger partial charge in [-0.2, -0.15) is 5.10 Å². The molecule has 0 saturated carbocycles. The molecule has 26 heavy (non-hydrogen) atoms. The van der Waals surface area contributed by atoms with Gasteiger partial charge in [-0.25, -0.2) is 17.9 Å². The SMILES string of the molecule is O=c1n(Cc2cccc(NS(=O)(=O)c3cn[nH]c3)c2)nc2ccccn12. The second-order valence-corrected chi connectivity index (χ2v) is 7.29. The number of sulfonamides is 1. The second-order valence-electron chi connectivity index (χ2n) is 5.61. The first-order valence-electron chi connectivity index (χ1n) is 7.68. The maximum absolute atomic E-state index is 12.3. The Labute approximate surface area is 148 Å². The van der Waals surface area contributed by atoms with Gasteiger partial charge in [-0.3, -0.25) is 14.2 Å². The minimum atomic E-state index is -3.72. The first-order valence-corrected chi connectivity index (χ1v) is 9.16. The van der Waals surface area contributed by atoms with Crippen molar-refractivity contribution in [3.63, 3.8) is 0 Å². The number of aromatic amines is 1. The van der Waals surface area contributed by atoms with Gasteiger partial charge in [-0.1, -0.05) is 18.2 Å². The molecule has 0 radical (unpaired) electrons. The molecule has 0 fully saturated rings. The predicted octanol–water partition coefficient (Wildman–Crippen LogP) is 1.07. The Kier molecular flexibility index (Phi) is 3.81. The van der Waals surface area contributed by atoms with E-state index in [0.29, 0.717) is 11.3 Å². The molecular weight excluding hydrogens is 356 g/mol. The van der Waals surface area contributed by atoms with Crippen LogP contribution in [0.15, 0.2) is 70.7 Å². The highest BCUT2D eigenvalue weighted by Crippen LogP contribution is 2.16. The molecule has 0 spiro atoms. The third-order valence-electron chi connectivity index (χ3n) is 3.78. The largest absolute Gasteiger partial charge is 0.350 e. The van der Waals surface area contributed by atoms with Gasteiger partial charge in [0.15, 0.2) is 5.65 Å². The molecule has 0 aliphatic carbocycles. The van der Waals surface area contributed by atoms with Gasteiger partial charge < -0.3 is 0 Å². The second kappa shape index (κ2) is 6.15. The number of nitrogens with zero attached hydrogens (tertiary/aromatic N) is 4. The van der Waals surface area contributed by atoms with Gasteiger partial charge in [0.25, 0.3) is 10.0 Å². The third-order valence-corrected chi connectivity index (χ3v) is 5.13. The van der Waals surface area contributed by atoms with E-state index in [4.69, 9.17) is 0 Å². The van der Waals surface area contributed by atoms with Gasteiger partial charge in [0.1, 0.15) is 4.90 Å². The fourth-order valence-electron chi connectivity index (χ4n) is 2.58. The fourth-order valence-corrected chi connectivity index (χ4v) is 3.53. The highest BCUT2D eigenvalue weighted by Gasteiger charge is 2.15. The first kappa shape index (κ1) is 16.1. The molecule has 0 atom stereocenters. The Morgan fingerprint density at radius 3 is 2.81 bits per heavy atom. The Balaban J connectivity index is 1.62. The van der Waals surface area contributed by atoms with E-state index in [-0.39, 0.29) is 17.1 Å². The van der Waals surface area contributed by atoms with E-state index in [0.717, 1.165) is 5.56 Å². The number of rotatable bonds is 5. The molecule has 0 unspecified atom stereocenters. The molecular formula is C16H14N6O3S. The minimum absolute atomic E-state index is 0.0412. The smallest absolute Gasteiger partial charge is 0.284 e. The van der Waals surface area contributed by atoms with E-state index in [2.05, 4.69) is 20.0 Å². The molecule has 0 saturated heterocycles. The Morgan fingerprint density at radius 2 is 2.04 bits per heavy atom. The van der Waals surface area contributed by atoms with Crippen LogP contribution in [0.1, 0.15) is 5.56 Å². The summed E-state index contributed by atoms with van der Waals surface area (Å²) in [6.45, 7) is 0.224. The Bertz CT molecular complexity index is 1220. The van der Waals surface area contributed by atoms with Crippen molar-refractivity contribution in [2.24, 2.45) is 0 Å². The minimum Gasteiger partial charge on any atom is -0.284 e. The molecule has 1 aromatic carbocycles. The lowest BCUT2D eigenvalue weighted by atomic mass is 10.2. The van der Waals surface area contributed by atoms with E-state index >= 15 is 0 Å². The molecule has 2 N–H and O–H groups in total. The average Bonchev–Trinajstić information content (AvgIpc) is 3.25. The number of hydrogen-bond acceptors (Lipinski definition) is 5. The van der Waals surface area contributed by atoms with Crippen LogP contribution in [0.25, 0.3) is 5.65 Å². The summed E-state index contributed by atoms with van der Waals surface area (Å²) in [5.41, 5.74) is 1.42. The first-order chi connectivity index (χ1) is 12.5. The maximum Gasteiger partial charge on any atom is 0.350 e. The molecule has 0 aliphatic heterocycles. The van der Waals surface area contributed by atoms with Crippen molar-refractivity contribution in [3.8, 4) is 0 Å². The highest BCUT2D eigenvalue weighted by molar-refractivity contribution is 7.92. The molecule has 132 valence electrons.